The average molecular weight is 278 g/mol. The molecule has 0 saturated carbocycles. The van der Waals surface area contributed by atoms with Gasteiger partial charge in [-0.25, -0.2) is 0 Å². The third-order valence-corrected chi connectivity index (χ3v) is 3.64. The summed E-state index contributed by atoms with van der Waals surface area (Å²) in [4.78, 5) is 2.27. The Morgan fingerprint density at radius 3 is 2.31 bits per heavy atom. The van der Waals surface area contributed by atoms with Gasteiger partial charge < -0.3 is 4.90 Å². The summed E-state index contributed by atoms with van der Waals surface area (Å²) in [5, 5.41) is 0. The second-order valence-electron chi connectivity index (χ2n) is 4.28. The van der Waals surface area contributed by atoms with E-state index in [-0.39, 0.29) is 0 Å². The molecule has 2 heteroatoms. The fourth-order valence-electron chi connectivity index (χ4n) is 2.20. The summed E-state index contributed by atoms with van der Waals surface area (Å²) < 4.78 is 1.18. The van der Waals surface area contributed by atoms with Crippen molar-refractivity contribution in [2.24, 2.45) is 5.92 Å². The van der Waals surface area contributed by atoms with Gasteiger partial charge in [0, 0.05) is 16.4 Å². The molecule has 2 rings (SSSR count). The molecular formula is C14H16BrN. The van der Waals surface area contributed by atoms with Crippen molar-refractivity contribution >= 4 is 15.9 Å². The first-order valence-electron chi connectivity index (χ1n) is 5.46. The van der Waals surface area contributed by atoms with E-state index < -0.39 is 0 Å². The van der Waals surface area contributed by atoms with Crippen LogP contribution < -0.4 is 0 Å². The van der Waals surface area contributed by atoms with Crippen molar-refractivity contribution in [3.8, 4) is 0 Å². The molecule has 1 aliphatic rings. The van der Waals surface area contributed by atoms with Gasteiger partial charge in [-0.1, -0.05) is 58.4 Å². The van der Waals surface area contributed by atoms with Crippen molar-refractivity contribution in [3.05, 3.63) is 58.6 Å². The van der Waals surface area contributed by atoms with Gasteiger partial charge in [0.2, 0.25) is 0 Å². The minimum atomic E-state index is 0.394. The summed E-state index contributed by atoms with van der Waals surface area (Å²) in [7, 11) is 4.26. The second kappa shape index (κ2) is 4.98. The van der Waals surface area contributed by atoms with Crippen molar-refractivity contribution < 1.29 is 0 Å². The molecule has 0 bridgehead atoms. The van der Waals surface area contributed by atoms with Crippen LogP contribution in [-0.4, -0.2) is 19.0 Å². The van der Waals surface area contributed by atoms with Gasteiger partial charge in [0.25, 0.3) is 0 Å². The highest BCUT2D eigenvalue weighted by molar-refractivity contribution is 9.10. The molecule has 0 amide bonds. The average Bonchev–Trinajstić information content (AvgIpc) is 2.74. The Hall–Kier alpha value is -0.860. The van der Waals surface area contributed by atoms with Crippen molar-refractivity contribution in [1.82, 2.24) is 4.90 Å². The zero-order chi connectivity index (χ0) is 11.5. The first kappa shape index (κ1) is 11.6. The maximum absolute atomic E-state index is 3.64. The SMILES string of the molecule is CN(C)C(c1ccccc1Br)C1C=CC=C1. The van der Waals surface area contributed by atoms with Gasteiger partial charge in [0.1, 0.15) is 0 Å². The Labute approximate surface area is 106 Å². The molecule has 84 valence electrons. The first-order valence-corrected chi connectivity index (χ1v) is 6.25. The van der Waals surface area contributed by atoms with Gasteiger partial charge in [-0.05, 0) is 25.7 Å². The summed E-state index contributed by atoms with van der Waals surface area (Å²) in [6, 6.07) is 8.84. The number of hydrogen-bond acceptors (Lipinski definition) is 1. The summed E-state index contributed by atoms with van der Waals surface area (Å²) in [6.45, 7) is 0. The van der Waals surface area contributed by atoms with Crippen LogP contribution in [0.3, 0.4) is 0 Å². The molecule has 0 saturated heterocycles. The Kier molecular flexibility index (Phi) is 3.62. The molecule has 1 aromatic carbocycles. The van der Waals surface area contributed by atoms with E-state index in [0.717, 1.165) is 0 Å². The van der Waals surface area contributed by atoms with E-state index in [0.29, 0.717) is 12.0 Å². The lowest BCUT2D eigenvalue weighted by molar-refractivity contribution is 0.266. The third kappa shape index (κ3) is 2.28. The lowest BCUT2D eigenvalue weighted by Crippen LogP contribution is -2.25. The predicted octanol–water partition coefficient (Wildman–Crippen LogP) is 3.79. The largest absolute Gasteiger partial charge is 0.301 e. The van der Waals surface area contributed by atoms with Gasteiger partial charge >= 0.3 is 0 Å². The second-order valence-corrected chi connectivity index (χ2v) is 5.13. The number of allylic oxidation sites excluding steroid dienone is 2. The minimum absolute atomic E-state index is 0.394. The number of halogens is 1. The molecule has 0 spiro atoms. The lowest BCUT2D eigenvalue weighted by atomic mass is 9.93. The molecule has 16 heavy (non-hydrogen) atoms. The van der Waals surface area contributed by atoms with Gasteiger partial charge in [-0.2, -0.15) is 0 Å². The number of hydrogen-bond donors (Lipinski definition) is 0. The van der Waals surface area contributed by atoms with Crippen molar-refractivity contribution in [2.75, 3.05) is 14.1 Å². The number of benzene rings is 1. The molecular weight excluding hydrogens is 262 g/mol. The molecule has 1 aromatic rings. The standard InChI is InChI=1S/C14H16BrN/c1-16(2)14(11-7-3-4-8-11)12-9-5-6-10-13(12)15/h3-11,14H,1-2H3. The minimum Gasteiger partial charge on any atom is -0.301 e. The Morgan fingerprint density at radius 1 is 1.12 bits per heavy atom. The van der Waals surface area contributed by atoms with Crippen molar-refractivity contribution in [3.63, 3.8) is 0 Å². The highest BCUT2D eigenvalue weighted by Crippen LogP contribution is 2.34. The molecule has 0 radical (unpaired) electrons. The summed E-state index contributed by atoms with van der Waals surface area (Å²) in [5.41, 5.74) is 1.34. The van der Waals surface area contributed by atoms with Crippen molar-refractivity contribution in [2.45, 2.75) is 6.04 Å². The third-order valence-electron chi connectivity index (χ3n) is 2.92. The topological polar surface area (TPSA) is 3.24 Å². The monoisotopic (exact) mass is 277 g/mol. The van der Waals surface area contributed by atoms with Crippen LogP contribution in [0.4, 0.5) is 0 Å². The smallest absolute Gasteiger partial charge is 0.0450 e. The van der Waals surface area contributed by atoms with E-state index >= 15 is 0 Å². The van der Waals surface area contributed by atoms with Gasteiger partial charge in [0.05, 0.1) is 0 Å². The first-order chi connectivity index (χ1) is 7.70. The molecule has 1 nitrogen and oxygen atoms in total. The van der Waals surface area contributed by atoms with E-state index in [4.69, 9.17) is 0 Å². The Morgan fingerprint density at radius 2 is 1.75 bits per heavy atom. The summed E-state index contributed by atoms with van der Waals surface area (Å²) in [5.74, 6) is 0.466. The quantitative estimate of drug-likeness (QED) is 0.813. The molecule has 1 aliphatic carbocycles. The highest BCUT2D eigenvalue weighted by atomic mass is 79.9. The normalized spacial score (nSPS) is 17.2. The van der Waals surface area contributed by atoms with Crippen LogP contribution in [0.25, 0.3) is 0 Å². The number of rotatable bonds is 3. The maximum Gasteiger partial charge on any atom is 0.0450 e. The molecule has 0 heterocycles. The van der Waals surface area contributed by atoms with Crippen molar-refractivity contribution in [1.29, 1.82) is 0 Å². The molecule has 0 N–H and O–H groups in total. The molecule has 1 unspecified atom stereocenters. The zero-order valence-electron chi connectivity index (χ0n) is 9.60. The Balaban J connectivity index is 2.36. The maximum atomic E-state index is 3.64. The molecule has 1 atom stereocenters. The van der Waals surface area contributed by atoms with Gasteiger partial charge in [-0.3, -0.25) is 0 Å². The molecule has 0 fully saturated rings. The highest BCUT2D eigenvalue weighted by Gasteiger charge is 2.23. The van der Waals surface area contributed by atoms with E-state index in [1.165, 1.54) is 10.0 Å². The van der Waals surface area contributed by atoms with Crippen LogP contribution in [0.5, 0.6) is 0 Å². The number of nitrogens with zero attached hydrogens (tertiary/aromatic N) is 1. The van der Waals surface area contributed by atoms with E-state index in [1.54, 1.807) is 0 Å². The molecule has 0 aliphatic heterocycles. The van der Waals surface area contributed by atoms with Crippen LogP contribution in [0.15, 0.2) is 53.0 Å². The predicted molar refractivity (Wildman–Crippen MR) is 72.3 cm³/mol. The van der Waals surface area contributed by atoms with E-state index in [2.05, 4.69) is 83.5 Å². The van der Waals surface area contributed by atoms with Crippen LogP contribution in [0, 0.1) is 5.92 Å². The summed E-state index contributed by atoms with van der Waals surface area (Å²) in [6.07, 6.45) is 8.75. The fraction of sp³-hybridized carbons (Fsp3) is 0.286. The Bertz CT molecular complexity index is 408. The van der Waals surface area contributed by atoms with E-state index in [1.807, 2.05) is 0 Å². The van der Waals surface area contributed by atoms with Crippen LogP contribution in [0.2, 0.25) is 0 Å². The van der Waals surface area contributed by atoms with E-state index in [9.17, 15) is 0 Å². The zero-order valence-corrected chi connectivity index (χ0v) is 11.2. The van der Waals surface area contributed by atoms with Crippen LogP contribution in [0.1, 0.15) is 11.6 Å². The molecule has 0 aromatic heterocycles. The fourth-order valence-corrected chi connectivity index (χ4v) is 2.72. The summed E-state index contributed by atoms with van der Waals surface area (Å²) >= 11 is 3.64. The van der Waals surface area contributed by atoms with Gasteiger partial charge in [0.15, 0.2) is 0 Å². The lowest BCUT2D eigenvalue weighted by Gasteiger charge is -2.29. The van der Waals surface area contributed by atoms with Crippen LogP contribution in [-0.2, 0) is 0 Å². The van der Waals surface area contributed by atoms with Crippen LogP contribution >= 0.6 is 15.9 Å². The van der Waals surface area contributed by atoms with Gasteiger partial charge in [-0.15, -0.1) is 0 Å².